The largest absolute Gasteiger partial charge is 0.328 e. The molecule has 0 heterocycles. The smallest absolute Gasteiger partial charge is 0.324 e. The Morgan fingerprint density at radius 1 is 0.682 bits per heavy atom. The Kier molecular flexibility index (Phi) is 14.8. The van der Waals surface area contributed by atoms with E-state index in [4.69, 9.17) is 9.79 Å². The maximum absolute atomic E-state index is 11.0. The van der Waals surface area contributed by atoms with Gasteiger partial charge in [0.2, 0.25) is 0 Å². The highest BCUT2D eigenvalue weighted by atomic mass is 31.2. The highest BCUT2D eigenvalue weighted by molar-refractivity contribution is 7.52. The van der Waals surface area contributed by atoms with E-state index in [-0.39, 0.29) is 0 Å². The summed E-state index contributed by atoms with van der Waals surface area (Å²) in [6.45, 7) is 3.92. The van der Waals surface area contributed by atoms with Crippen molar-refractivity contribution in [3.63, 3.8) is 0 Å². The van der Waals surface area contributed by atoms with Crippen molar-refractivity contribution in [2.75, 3.05) is 0 Å². The van der Waals surface area contributed by atoms with E-state index in [0.29, 0.717) is 6.42 Å². The molecule has 0 fully saturated rings. The topological polar surface area (TPSA) is 57.5 Å². The number of rotatable bonds is 16. The molecule has 4 heteroatoms. The van der Waals surface area contributed by atoms with Crippen LogP contribution in [0.2, 0.25) is 0 Å². The Hall–Kier alpha value is 0.150. The third kappa shape index (κ3) is 15.1. The van der Waals surface area contributed by atoms with E-state index < -0.39 is 13.3 Å². The Bertz CT molecular complexity index is 276. The van der Waals surface area contributed by atoms with E-state index in [1.165, 1.54) is 77.0 Å². The molecule has 0 aliphatic carbocycles. The first-order chi connectivity index (χ1) is 10.5. The van der Waals surface area contributed by atoms with Gasteiger partial charge in [0.25, 0.3) is 0 Å². The SMILES string of the molecule is CCCCCCCCCCCCCCCCC(C)P(=O)(O)O. The number of hydrogen-bond acceptors (Lipinski definition) is 1. The Balaban J connectivity index is 3.13. The van der Waals surface area contributed by atoms with Crippen molar-refractivity contribution in [1.29, 1.82) is 0 Å². The van der Waals surface area contributed by atoms with Crippen LogP contribution in [0.5, 0.6) is 0 Å². The fraction of sp³-hybridized carbons (Fsp3) is 1.00. The van der Waals surface area contributed by atoms with E-state index in [0.717, 1.165) is 12.8 Å². The van der Waals surface area contributed by atoms with Gasteiger partial charge in [-0.25, -0.2) is 0 Å². The van der Waals surface area contributed by atoms with Gasteiger partial charge >= 0.3 is 7.60 Å². The number of hydrogen-bond donors (Lipinski definition) is 2. The van der Waals surface area contributed by atoms with Crippen LogP contribution >= 0.6 is 7.60 Å². The van der Waals surface area contributed by atoms with Crippen LogP contribution in [-0.2, 0) is 4.57 Å². The van der Waals surface area contributed by atoms with Crippen molar-refractivity contribution in [1.82, 2.24) is 0 Å². The molecule has 22 heavy (non-hydrogen) atoms. The summed E-state index contributed by atoms with van der Waals surface area (Å²) in [6, 6.07) is 0. The van der Waals surface area contributed by atoms with Gasteiger partial charge in [-0.15, -0.1) is 0 Å². The Labute approximate surface area is 138 Å². The summed E-state index contributed by atoms with van der Waals surface area (Å²) in [6.07, 6.45) is 19.0. The van der Waals surface area contributed by atoms with Gasteiger partial charge in [0.1, 0.15) is 0 Å². The van der Waals surface area contributed by atoms with Crippen LogP contribution in [0.25, 0.3) is 0 Å². The molecule has 0 spiro atoms. The zero-order chi connectivity index (χ0) is 16.7. The zero-order valence-electron chi connectivity index (χ0n) is 14.9. The lowest BCUT2D eigenvalue weighted by Gasteiger charge is -2.12. The highest BCUT2D eigenvalue weighted by Crippen LogP contribution is 2.43. The first-order valence-corrected chi connectivity index (χ1v) is 11.2. The quantitative estimate of drug-likeness (QED) is 0.253. The van der Waals surface area contributed by atoms with Crippen LogP contribution < -0.4 is 0 Å². The van der Waals surface area contributed by atoms with Crippen LogP contribution in [0.15, 0.2) is 0 Å². The second-order valence-corrected chi connectivity index (χ2v) is 8.88. The van der Waals surface area contributed by atoms with Crippen LogP contribution in [0.3, 0.4) is 0 Å². The van der Waals surface area contributed by atoms with Gasteiger partial charge < -0.3 is 9.79 Å². The predicted molar refractivity (Wildman–Crippen MR) is 96.4 cm³/mol. The van der Waals surface area contributed by atoms with E-state index in [1.807, 2.05) is 0 Å². The maximum atomic E-state index is 11.0. The van der Waals surface area contributed by atoms with Crippen molar-refractivity contribution in [2.24, 2.45) is 0 Å². The molecular weight excluding hydrogens is 295 g/mol. The molecule has 0 saturated carbocycles. The lowest BCUT2D eigenvalue weighted by atomic mass is 10.0. The first-order valence-electron chi connectivity index (χ1n) is 9.53. The summed E-state index contributed by atoms with van der Waals surface area (Å²) in [5.74, 6) is 0. The lowest BCUT2D eigenvalue weighted by Crippen LogP contribution is -2.02. The molecule has 0 aromatic heterocycles. The zero-order valence-corrected chi connectivity index (χ0v) is 15.8. The molecule has 134 valence electrons. The maximum Gasteiger partial charge on any atom is 0.328 e. The molecule has 0 amide bonds. The second kappa shape index (κ2) is 14.7. The minimum absolute atomic E-state index is 0.468. The molecule has 1 unspecified atom stereocenters. The molecule has 3 nitrogen and oxygen atoms in total. The van der Waals surface area contributed by atoms with Crippen LogP contribution in [-0.4, -0.2) is 15.4 Å². The lowest BCUT2D eigenvalue weighted by molar-refractivity contribution is 0.355. The molecular formula is C18H39O3P. The van der Waals surface area contributed by atoms with Crippen molar-refractivity contribution in [3.05, 3.63) is 0 Å². The molecule has 0 aliphatic rings. The molecule has 0 aliphatic heterocycles. The van der Waals surface area contributed by atoms with Gasteiger partial charge in [-0.2, -0.15) is 0 Å². The van der Waals surface area contributed by atoms with Gasteiger partial charge in [-0.3, -0.25) is 4.57 Å². The van der Waals surface area contributed by atoms with Crippen molar-refractivity contribution >= 4 is 7.60 Å². The van der Waals surface area contributed by atoms with Gasteiger partial charge in [0.05, 0.1) is 5.66 Å². The van der Waals surface area contributed by atoms with Gasteiger partial charge in [-0.1, -0.05) is 104 Å². The summed E-state index contributed by atoms with van der Waals surface area (Å²) in [5, 5.41) is 0. The predicted octanol–water partition coefficient (Wildman–Crippen LogP) is 6.42. The standard InChI is InChI=1S/C18H39O3P/c1-3-4-5-6-7-8-9-10-11-12-13-14-15-16-17-18(2)22(19,20)21/h18H,3-17H2,1-2H3,(H2,19,20,21). The molecule has 2 N–H and O–H groups in total. The number of unbranched alkanes of at least 4 members (excludes halogenated alkanes) is 13. The molecule has 0 radical (unpaired) electrons. The second-order valence-electron chi connectivity index (χ2n) is 6.82. The molecule has 1 atom stereocenters. The Morgan fingerprint density at radius 3 is 1.32 bits per heavy atom. The van der Waals surface area contributed by atoms with Crippen LogP contribution in [0.4, 0.5) is 0 Å². The third-order valence-corrected chi connectivity index (χ3v) is 5.96. The summed E-state index contributed by atoms with van der Waals surface area (Å²) < 4.78 is 11.0. The summed E-state index contributed by atoms with van der Waals surface area (Å²) in [4.78, 5) is 18.0. The highest BCUT2D eigenvalue weighted by Gasteiger charge is 2.22. The molecule has 0 bridgehead atoms. The Morgan fingerprint density at radius 2 is 1.00 bits per heavy atom. The summed E-state index contributed by atoms with van der Waals surface area (Å²) in [7, 11) is -3.84. The molecule has 0 aromatic carbocycles. The van der Waals surface area contributed by atoms with Crippen LogP contribution in [0, 0.1) is 0 Å². The molecule has 0 aromatic rings. The summed E-state index contributed by atoms with van der Waals surface area (Å²) >= 11 is 0. The first kappa shape index (κ1) is 22.1. The molecule has 0 rings (SSSR count). The minimum atomic E-state index is -3.84. The minimum Gasteiger partial charge on any atom is -0.324 e. The van der Waals surface area contributed by atoms with Gasteiger partial charge in [0, 0.05) is 0 Å². The summed E-state index contributed by atoms with van der Waals surface area (Å²) in [5.41, 5.74) is -0.468. The average molecular weight is 334 g/mol. The van der Waals surface area contributed by atoms with Crippen molar-refractivity contribution < 1.29 is 14.4 Å². The van der Waals surface area contributed by atoms with E-state index in [9.17, 15) is 4.57 Å². The fourth-order valence-corrected chi connectivity index (χ4v) is 3.32. The van der Waals surface area contributed by atoms with E-state index >= 15 is 0 Å². The van der Waals surface area contributed by atoms with E-state index in [1.54, 1.807) is 6.92 Å². The van der Waals surface area contributed by atoms with E-state index in [2.05, 4.69) is 6.92 Å². The average Bonchev–Trinajstić information content (AvgIpc) is 2.46. The monoisotopic (exact) mass is 334 g/mol. The van der Waals surface area contributed by atoms with Gasteiger partial charge in [-0.05, 0) is 6.42 Å². The van der Waals surface area contributed by atoms with Crippen molar-refractivity contribution in [2.45, 2.75) is 116 Å². The van der Waals surface area contributed by atoms with Gasteiger partial charge in [0.15, 0.2) is 0 Å². The normalized spacial score (nSPS) is 13.5. The van der Waals surface area contributed by atoms with Crippen LogP contribution in [0.1, 0.15) is 110 Å². The van der Waals surface area contributed by atoms with Crippen molar-refractivity contribution in [3.8, 4) is 0 Å². The molecule has 0 saturated heterocycles. The third-order valence-electron chi connectivity index (χ3n) is 4.55. The fourth-order valence-electron chi connectivity index (χ4n) is 2.80.